The smallest absolute Gasteiger partial charge is 0.306 e. The molecular formula is C63H100O6. The highest BCUT2D eigenvalue weighted by atomic mass is 16.6. The van der Waals surface area contributed by atoms with E-state index in [0.717, 1.165) is 128 Å². The number of esters is 3. The van der Waals surface area contributed by atoms with Crippen molar-refractivity contribution < 1.29 is 28.6 Å². The van der Waals surface area contributed by atoms with Gasteiger partial charge in [0.25, 0.3) is 0 Å². The van der Waals surface area contributed by atoms with Crippen LogP contribution >= 0.6 is 0 Å². The fourth-order valence-electron chi connectivity index (χ4n) is 6.96. The molecule has 0 bridgehead atoms. The molecule has 0 N–H and O–H groups in total. The first-order chi connectivity index (χ1) is 34.0. The summed E-state index contributed by atoms with van der Waals surface area (Å²) in [5.74, 6) is -1.03. The highest BCUT2D eigenvalue weighted by molar-refractivity contribution is 5.71. The number of hydrogen-bond donors (Lipinski definition) is 0. The van der Waals surface area contributed by atoms with Crippen molar-refractivity contribution in [2.75, 3.05) is 13.2 Å². The molecule has 1 unspecified atom stereocenters. The van der Waals surface area contributed by atoms with Crippen LogP contribution in [-0.4, -0.2) is 37.2 Å². The van der Waals surface area contributed by atoms with E-state index in [2.05, 4.69) is 154 Å². The second-order valence-electron chi connectivity index (χ2n) is 17.7. The van der Waals surface area contributed by atoms with E-state index in [4.69, 9.17) is 14.2 Å². The molecule has 0 heterocycles. The number of allylic oxidation sites excluding steroid dienone is 22. The summed E-state index contributed by atoms with van der Waals surface area (Å²) in [7, 11) is 0. The van der Waals surface area contributed by atoms with Crippen molar-refractivity contribution in [3.05, 3.63) is 134 Å². The lowest BCUT2D eigenvalue weighted by atomic mass is 10.1. The molecule has 0 aliphatic heterocycles. The van der Waals surface area contributed by atoms with Crippen LogP contribution in [-0.2, 0) is 28.6 Å². The van der Waals surface area contributed by atoms with Gasteiger partial charge in [-0.1, -0.05) is 206 Å². The van der Waals surface area contributed by atoms with E-state index in [1.54, 1.807) is 0 Å². The molecule has 388 valence electrons. The first-order valence-electron chi connectivity index (χ1n) is 27.7. The molecule has 0 aromatic carbocycles. The van der Waals surface area contributed by atoms with Gasteiger partial charge >= 0.3 is 17.9 Å². The normalized spacial score (nSPS) is 13.1. The van der Waals surface area contributed by atoms with Crippen LogP contribution in [0.15, 0.2) is 134 Å². The van der Waals surface area contributed by atoms with E-state index >= 15 is 0 Å². The molecule has 0 spiro atoms. The van der Waals surface area contributed by atoms with Gasteiger partial charge in [0.05, 0.1) is 0 Å². The Hall–Kier alpha value is -4.45. The Morgan fingerprint density at radius 3 is 0.957 bits per heavy atom. The molecule has 0 aliphatic rings. The first kappa shape index (κ1) is 64.5. The van der Waals surface area contributed by atoms with Crippen LogP contribution in [0.4, 0.5) is 0 Å². The average molecular weight is 953 g/mol. The minimum Gasteiger partial charge on any atom is -0.462 e. The van der Waals surface area contributed by atoms with Gasteiger partial charge < -0.3 is 14.2 Å². The van der Waals surface area contributed by atoms with Crippen molar-refractivity contribution in [1.29, 1.82) is 0 Å². The third kappa shape index (κ3) is 54.4. The monoisotopic (exact) mass is 953 g/mol. The predicted octanol–water partition coefficient (Wildman–Crippen LogP) is 18.6. The summed E-state index contributed by atoms with van der Waals surface area (Å²) >= 11 is 0. The molecule has 0 aromatic rings. The van der Waals surface area contributed by atoms with Crippen molar-refractivity contribution in [2.45, 2.75) is 232 Å². The second-order valence-corrected chi connectivity index (χ2v) is 17.7. The third-order valence-electron chi connectivity index (χ3n) is 11.1. The van der Waals surface area contributed by atoms with Gasteiger partial charge in [-0.2, -0.15) is 0 Å². The molecule has 6 nitrogen and oxygen atoms in total. The largest absolute Gasteiger partial charge is 0.462 e. The van der Waals surface area contributed by atoms with E-state index in [9.17, 15) is 14.4 Å². The van der Waals surface area contributed by atoms with Gasteiger partial charge in [0.1, 0.15) is 13.2 Å². The topological polar surface area (TPSA) is 78.9 Å². The molecule has 0 aliphatic carbocycles. The maximum absolute atomic E-state index is 12.8. The number of unbranched alkanes of at least 4 members (excludes halogenated alkanes) is 15. The fourth-order valence-corrected chi connectivity index (χ4v) is 6.96. The second kappa shape index (κ2) is 56.1. The van der Waals surface area contributed by atoms with Crippen LogP contribution in [0.1, 0.15) is 226 Å². The maximum atomic E-state index is 12.8. The number of carbonyl (C=O) groups is 3. The molecule has 0 saturated heterocycles. The molecule has 0 amide bonds. The van der Waals surface area contributed by atoms with Crippen LogP contribution < -0.4 is 0 Å². The number of hydrogen-bond acceptors (Lipinski definition) is 6. The van der Waals surface area contributed by atoms with Gasteiger partial charge in [-0.25, -0.2) is 0 Å². The van der Waals surface area contributed by atoms with Gasteiger partial charge in [-0.3, -0.25) is 14.4 Å². The lowest BCUT2D eigenvalue weighted by molar-refractivity contribution is -0.167. The van der Waals surface area contributed by atoms with Gasteiger partial charge in [0, 0.05) is 19.3 Å². The zero-order valence-electron chi connectivity index (χ0n) is 44.3. The summed E-state index contributed by atoms with van der Waals surface area (Å²) in [4.78, 5) is 38.1. The molecule has 0 saturated carbocycles. The Morgan fingerprint density at radius 2 is 0.580 bits per heavy atom. The Kier molecular flexibility index (Phi) is 52.5. The zero-order chi connectivity index (χ0) is 50.0. The summed E-state index contributed by atoms with van der Waals surface area (Å²) in [6.07, 6.45) is 78.6. The third-order valence-corrected chi connectivity index (χ3v) is 11.1. The van der Waals surface area contributed by atoms with Crippen molar-refractivity contribution in [3.63, 3.8) is 0 Å². The van der Waals surface area contributed by atoms with E-state index in [-0.39, 0.29) is 44.0 Å². The highest BCUT2D eigenvalue weighted by Gasteiger charge is 2.19. The Morgan fingerprint density at radius 1 is 0.304 bits per heavy atom. The molecule has 0 fully saturated rings. The molecular weight excluding hydrogens is 853 g/mol. The first-order valence-corrected chi connectivity index (χ1v) is 27.7. The van der Waals surface area contributed by atoms with E-state index in [1.165, 1.54) is 51.4 Å². The summed E-state index contributed by atoms with van der Waals surface area (Å²) in [5, 5.41) is 0. The van der Waals surface area contributed by atoms with Crippen LogP contribution in [0, 0.1) is 0 Å². The Balaban J connectivity index is 4.58. The van der Waals surface area contributed by atoms with Crippen molar-refractivity contribution in [3.8, 4) is 0 Å². The summed E-state index contributed by atoms with van der Waals surface area (Å²) in [6.45, 7) is 6.37. The number of ether oxygens (including phenoxy) is 3. The van der Waals surface area contributed by atoms with Gasteiger partial charge in [0.15, 0.2) is 6.10 Å². The van der Waals surface area contributed by atoms with Gasteiger partial charge in [-0.05, 0) is 135 Å². The van der Waals surface area contributed by atoms with Crippen molar-refractivity contribution in [1.82, 2.24) is 0 Å². The Labute approximate surface area is 424 Å². The predicted molar refractivity (Wildman–Crippen MR) is 297 cm³/mol. The highest BCUT2D eigenvalue weighted by Crippen LogP contribution is 2.12. The number of carbonyl (C=O) groups excluding carboxylic acids is 3. The standard InChI is InChI=1S/C63H100O6/c1-4-7-10-13-16-19-22-25-28-30-31-33-36-38-41-44-47-50-53-56-62(65)68-59-60(69-63(66)57-54-51-48-45-42-39-34-27-24-21-18-15-12-9-6-3)58-67-61(64)55-52-49-46-43-40-37-35-32-29-26-23-20-17-14-11-8-5-2/h7,10,16-21,25-29,31,33-35,37-38,41,43,46,60H,4-6,8-9,11-15,22-24,30,32,36,39-40,42,44-45,47-59H2,1-3H3. The van der Waals surface area contributed by atoms with E-state index in [0.29, 0.717) is 12.8 Å². The summed E-state index contributed by atoms with van der Waals surface area (Å²) < 4.78 is 16.8. The number of rotatable bonds is 48. The fraction of sp³-hybridized carbons (Fsp3) is 0.603. The van der Waals surface area contributed by atoms with E-state index < -0.39 is 6.10 Å². The molecule has 0 rings (SSSR count). The minimum atomic E-state index is -0.827. The quantitative estimate of drug-likeness (QED) is 0.0262. The molecule has 1 atom stereocenters. The van der Waals surface area contributed by atoms with Crippen LogP contribution in [0.5, 0.6) is 0 Å². The maximum Gasteiger partial charge on any atom is 0.306 e. The van der Waals surface area contributed by atoms with Crippen molar-refractivity contribution >= 4 is 17.9 Å². The molecule has 0 radical (unpaired) electrons. The van der Waals surface area contributed by atoms with Gasteiger partial charge in [-0.15, -0.1) is 0 Å². The Bertz CT molecular complexity index is 1510. The lowest BCUT2D eigenvalue weighted by Gasteiger charge is -2.18. The van der Waals surface area contributed by atoms with E-state index in [1.807, 2.05) is 0 Å². The zero-order valence-corrected chi connectivity index (χ0v) is 44.3. The SMILES string of the molecule is CCC=CCC=CCC=CCC=CCC=CCCCCCC(=O)OCC(COC(=O)CCCC=CCC=CCC=CCC=CCCCCC)OC(=O)CCCCCCCC=CCC=CCCCCC. The summed E-state index contributed by atoms with van der Waals surface area (Å²) in [6, 6.07) is 0. The minimum absolute atomic E-state index is 0.123. The average Bonchev–Trinajstić information content (AvgIpc) is 3.35. The van der Waals surface area contributed by atoms with Crippen molar-refractivity contribution in [2.24, 2.45) is 0 Å². The molecule has 69 heavy (non-hydrogen) atoms. The van der Waals surface area contributed by atoms with Crippen LogP contribution in [0.25, 0.3) is 0 Å². The van der Waals surface area contributed by atoms with Crippen LogP contribution in [0.3, 0.4) is 0 Å². The van der Waals surface area contributed by atoms with Gasteiger partial charge in [0.2, 0.25) is 0 Å². The molecule has 6 heteroatoms. The van der Waals surface area contributed by atoms with Crippen LogP contribution in [0.2, 0.25) is 0 Å². The summed E-state index contributed by atoms with van der Waals surface area (Å²) in [5.41, 5.74) is 0. The molecule has 0 aromatic heterocycles. The lowest BCUT2D eigenvalue weighted by Crippen LogP contribution is -2.30.